The average Bonchev–Trinajstić information content (AvgIpc) is 2.77. The van der Waals surface area contributed by atoms with E-state index in [4.69, 9.17) is 0 Å². The predicted molar refractivity (Wildman–Crippen MR) is 88.9 cm³/mol. The van der Waals surface area contributed by atoms with Crippen LogP contribution in [0, 0.1) is 17.1 Å². The maximum atomic E-state index is 13.7. The van der Waals surface area contributed by atoms with E-state index >= 15 is 0 Å². The Balaban J connectivity index is 2.00. The molecule has 0 saturated heterocycles. The Morgan fingerprint density at radius 2 is 2.04 bits per heavy atom. The molecule has 0 bridgehead atoms. The lowest BCUT2D eigenvalue weighted by atomic mass is 9.97. The van der Waals surface area contributed by atoms with Gasteiger partial charge in [-0.2, -0.15) is 5.26 Å². The molecule has 0 aromatic heterocycles. The first-order chi connectivity index (χ1) is 11.7. The molecule has 4 rings (SSSR count). The van der Waals surface area contributed by atoms with Gasteiger partial charge in [-0.15, -0.1) is 0 Å². The van der Waals surface area contributed by atoms with Crippen LogP contribution in [-0.4, -0.2) is 18.9 Å². The molecule has 24 heavy (non-hydrogen) atoms. The second-order valence-corrected chi connectivity index (χ2v) is 5.86. The highest BCUT2D eigenvalue weighted by molar-refractivity contribution is 6.21. The van der Waals surface area contributed by atoms with Crippen molar-refractivity contribution in [2.24, 2.45) is 0 Å². The normalized spacial score (nSPS) is 15.8. The van der Waals surface area contributed by atoms with Crippen LogP contribution >= 0.6 is 0 Å². The summed E-state index contributed by atoms with van der Waals surface area (Å²) in [5, 5.41) is 12.4. The number of anilines is 1. The summed E-state index contributed by atoms with van der Waals surface area (Å²) in [6, 6.07) is 11.7. The number of fused-ring (bicyclic) bond motifs is 3. The SMILES string of the molecule is N#Cc1cc2c(c(-c3cccc(F)c3)c1)N1CCCNC=C1C2=O. The molecule has 2 heterocycles. The largest absolute Gasteiger partial charge is 0.389 e. The zero-order chi connectivity index (χ0) is 16.7. The fraction of sp³-hybridized carbons (Fsp3) is 0.158. The van der Waals surface area contributed by atoms with Gasteiger partial charge in [0.15, 0.2) is 0 Å². The van der Waals surface area contributed by atoms with E-state index in [0.717, 1.165) is 18.7 Å². The van der Waals surface area contributed by atoms with Crippen LogP contribution in [0.5, 0.6) is 0 Å². The highest BCUT2D eigenvalue weighted by Gasteiger charge is 2.35. The number of ketones is 1. The van der Waals surface area contributed by atoms with E-state index in [2.05, 4.69) is 11.4 Å². The lowest BCUT2D eigenvalue weighted by Crippen LogP contribution is -2.21. The van der Waals surface area contributed by atoms with E-state index in [0.29, 0.717) is 34.5 Å². The van der Waals surface area contributed by atoms with Crippen LogP contribution in [0.25, 0.3) is 11.1 Å². The van der Waals surface area contributed by atoms with Gasteiger partial charge in [0.05, 0.1) is 17.3 Å². The molecule has 2 aliphatic rings. The van der Waals surface area contributed by atoms with Crippen molar-refractivity contribution in [1.29, 1.82) is 5.26 Å². The smallest absolute Gasteiger partial charge is 0.213 e. The summed E-state index contributed by atoms with van der Waals surface area (Å²) in [5.74, 6) is -0.449. The lowest BCUT2D eigenvalue weighted by molar-refractivity contribution is 0.103. The third kappa shape index (κ3) is 2.16. The molecule has 1 N–H and O–H groups in total. The van der Waals surface area contributed by atoms with Crippen LogP contribution in [0.4, 0.5) is 10.1 Å². The lowest BCUT2D eigenvalue weighted by Gasteiger charge is -2.21. The van der Waals surface area contributed by atoms with E-state index in [1.54, 1.807) is 30.5 Å². The molecular weight excluding hydrogens is 305 g/mol. The number of halogens is 1. The van der Waals surface area contributed by atoms with Crippen molar-refractivity contribution in [2.45, 2.75) is 6.42 Å². The molecule has 0 radical (unpaired) electrons. The third-order valence-corrected chi connectivity index (χ3v) is 4.35. The number of nitrogens with one attached hydrogen (secondary N) is 1. The van der Waals surface area contributed by atoms with E-state index in [1.807, 2.05) is 4.90 Å². The molecular formula is C19H14FN3O. The summed E-state index contributed by atoms with van der Waals surface area (Å²) in [6.07, 6.45) is 2.62. The Labute approximate surface area is 138 Å². The summed E-state index contributed by atoms with van der Waals surface area (Å²) >= 11 is 0. The highest BCUT2D eigenvalue weighted by atomic mass is 19.1. The van der Waals surface area contributed by atoms with E-state index < -0.39 is 0 Å². The van der Waals surface area contributed by atoms with Gasteiger partial charge >= 0.3 is 0 Å². The number of rotatable bonds is 1. The maximum Gasteiger partial charge on any atom is 0.213 e. The number of allylic oxidation sites excluding steroid dienone is 1. The molecule has 0 atom stereocenters. The van der Waals surface area contributed by atoms with Crippen LogP contribution in [-0.2, 0) is 0 Å². The van der Waals surface area contributed by atoms with E-state index in [9.17, 15) is 14.4 Å². The van der Waals surface area contributed by atoms with E-state index in [1.165, 1.54) is 12.1 Å². The minimum atomic E-state index is -0.346. The van der Waals surface area contributed by atoms with Gasteiger partial charge < -0.3 is 10.2 Å². The molecule has 0 unspecified atom stereocenters. The number of Topliss-reactive ketones (excluding diaryl/α,β-unsaturated/α-hetero) is 1. The molecule has 5 heteroatoms. The molecule has 0 spiro atoms. The van der Waals surface area contributed by atoms with Gasteiger partial charge in [-0.3, -0.25) is 4.79 Å². The molecule has 0 fully saturated rings. The van der Waals surface area contributed by atoms with E-state index in [-0.39, 0.29) is 11.6 Å². The number of carbonyl (C=O) groups is 1. The van der Waals surface area contributed by atoms with Crippen LogP contribution in [0.15, 0.2) is 48.3 Å². The number of benzene rings is 2. The van der Waals surface area contributed by atoms with Gasteiger partial charge in [-0.25, -0.2) is 4.39 Å². The van der Waals surface area contributed by atoms with Crippen LogP contribution in [0.3, 0.4) is 0 Å². The van der Waals surface area contributed by atoms with Gasteiger partial charge in [-0.05, 0) is 36.2 Å². The second-order valence-electron chi connectivity index (χ2n) is 5.86. The van der Waals surface area contributed by atoms with Crippen molar-refractivity contribution >= 4 is 11.5 Å². The number of nitrogens with zero attached hydrogens (tertiary/aromatic N) is 2. The Morgan fingerprint density at radius 1 is 1.21 bits per heavy atom. The zero-order valence-electron chi connectivity index (χ0n) is 12.8. The summed E-state index contributed by atoms with van der Waals surface area (Å²) < 4.78 is 13.7. The number of hydrogen-bond donors (Lipinski definition) is 1. The van der Waals surface area contributed by atoms with Crippen molar-refractivity contribution in [1.82, 2.24) is 5.32 Å². The number of hydrogen-bond acceptors (Lipinski definition) is 4. The monoisotopic (exact) mass is 319 g/mol. The molecule has 2 aliphatic heterocycles. The van der Waals surface area contributed by atoms with Crippen molar-refractivity contribution in [2.75, 3.05) is 18.0 Å². The molecule has 0 amide bonds. The zero-order valence-corrected chi connectivity index (χ0v) is 12.8. The highest BCUT2D eigenvalue weighted by Crippen LogP contribution is 2.43. The first-order valence-electron chi connectivity index (χ1n) is 7.79. The number of carbonyl (C=O) groups excluding carboxylic acids is 1. The van der Waals surface area contributed by atoms with Crippen molar-refractivity contribution in [3.05, 3.63) is 65.2 Å². The average molecular weight is 319 g/mol. The van der Waals surface area contributed by atoms with Gasteiger partial charge in [0.25, 0.3) is 0 Å². The van der Waals surface area contributed by atoms with Gasteiger partial charge in [0.2, 0.25) is 5.78 Å². The Hall–Kier alpha value is -3.13. The molecule has 2 aromatic rings. The summed E-state index contributed by atoms with van der Waals surface area (Å²) in [4.78, 5) is 14.7. The predicted octanol–water partition coefficient (Wildman–Crippen LogP) is 3.20. The second kappa shape index (κ2) is 5.50. The molecule has 0 saturated carbocycles. The summed E-state index contributed by atoms with van der Waals surface area (Å²) in [7, 11) is 0. The van der Waals surface area contributed by atoms with Gasteiger partial charge in [0, 0.05) is 30.4 Å². The van der Waals surface area contributed by atoms with Crippen LogP contribution in [0.2, 0.25) is 0 Å². The van der Waals surface area contributed by atoms with Crippen molar-refractivity contribution < 1.29 is 9.18 Å². The Bertz CT molecular complexity index is 927. The summed E-state index contributed by atoms with van der Waals surface area (Å²) in [6.45, 7) is 1.50. The van der Waals surface area contributed by atoms with Crippen LogP contribution in [0.1, 0.15) is 22.3 Å². The summed E-state index contributed by atoms with van der Waals surface area (Å²) in [5.41, 5.74) is 3.61. The molecule has 2 aromatic carbocycles. The van der Waals surface area contributed by atoms with Gasteiger partial charge in [0.1, 0.15) is 11.5 Å². The maximum absolute atomic E-state index is 13.7. The third-order valence-electron chi connectivity index (χ3n) is 4.35. The number of nitriles is 1. The van der Waals surface area contributed by atoms with Gasteiger partial charge in [-0.1, -0.05) is 12.1 Å². The van der Waals surface area contributed by atoms with Crippen molar-refractivity contribution in [3.8, 4) is 17.2 Å². The first kappa shape index (κ1) is 14.5. The molecule has 118 valence electrons. The van der Waals surface area contributed by atoms with Crippen molar-refractivity contribution in [3.63, 3.8) is 0 Å². The standard InChI is InChI=1S/C19H14FN3O/c20-14-4-1-3-13(9-14)15-7-12(10-21)8-16-18(15)23-6-2-5-22-11-17(23)19(16)24/h1,3-4,7-9,11,22H,2,5-6H2. The minimum Gasteiger partial charge on any atom is -0.389 e. The molecule has 4 nitrogen and oxygen atoms in total. The fourth-order valence-corrected chi connectivity index (χ4v) is 3.30. The minimum absolute atomic E-state index is 0.103. The topological polar surface area (TPSA) is 56.1 Å². The fourth-order valence-electron chi connectivity index (χ4n) is 3.30. The molecule has 0 aliphatic carbocycles. The quantitative estimate of drug-likeness (QED) is 0.877. The Morgan fingerprint density at radius 3 is 2.83 bits per heavy atom. The Kier molecular flexibility index (Phi) is 3.31. The first-order valence-corrected chi connectivity index (χ1v) is 7.79. The van der Waals surface area contributed by atoms with Crippen LogP contribution < -0.4 is 10.2 Å².